The molecule has 0 aromatic rings. The van der Waals surface area contributed by atoms with Crippen molar-refractivity contribution in [2.45, 2.75) is 24.1 Å². The molecule has 2 heteroatoms. The molecule has 0 aliphatic heterocycles. The summed E-state index contributed by atoms with van der Waals surface area (Å²) in [6.45, 7) is 0. The van der Waals surface area contributed by atoms with Crippen molar-refractivity contribution >= 4 is 23.2 Å². The number of fused-ring (bicyclic) bond motifs is 2. The molecule has 0 amide bonds. The minimum absolute atomic E-state index is 0.0831. The van der Waals surface area contributed by atoms with Gasteiger partial charge in [0.05, 0.1) is 0 Å². The lowest BCUT2D eigenvalue weighted by molar-refractivity contribution is 0.331. The highest BCUT2D eigenvalue weighted by molar-refractivity contribution is 6.44. The summed E-state index contributed by atoms with van der Waals surface area (Å²) in [6.07, 6.45) is 4.34. The van der Waals surface area contributed by atoms with E-state index >= 15 is 0 Å². The van der Waals surface area contributed by atoms with Crippen LogP contribution in [0.4, 0.5) is 0 Å². The van der Waals surface area contributed by atoms with Gasteiger partial charge in [0.15, 0.2) is 0 Å². The molecule has 0 nitrogen and oxygen atoms in total. The van der Waals surface area contributed by atoms with Crippen molar-refractivity contribution in [3.63, 3.8) is 0 Å². The van der Waals surface area contributed by atoms with E-state index in [-0.39, 0.29) is 4.84 Å². The van der Waals surface area contributed by atoms with Crippen molar-refractivity contribution in [2.24, 2.45) is 29.6 Å². The molecule has 3 rings (SSSR count). The molecule has 0 aromatic heterocycles. The maximum atomic E-state index is 5.97. The van der Waals surface area contributed by atoms with Crippen molar-refractivity contribution in [1.82, 2.24) is 0 Å². The predicted molar refractivity (Wildman–Crippen MR) is 46.8 cm³/mol. The van der Waals surface area contributed by atoms with E-state index in [2.05, 4.69) is 0 Å². The molecule has 1 unspecified atom stereocenters. The van der Waals surface area contributed by atoms with Crippen LogP contribution >= 0.6 is 23.2 Å². The van der Waals surface area contributed by atoms with Gasteiger partial charge >= 0.3 is 0 Å². The molecule has 3 aliphatic carbocycles. The summed E-state index contributed by atoms with van der Waals surface area (Å²) in [5.41, 5.74) is 0. The van der Waals surface area contributed by atoms with E-state index in [1.807, 2.05) is 0 Å². The van der Waals surface area contributed by atoms with Crippen LogP contribution in [-0.2, 0) is 0 Å². The topological polar surface area (TPSA) is 0 Å². The first kappa shape index (κ1) is 7.03. The Morgan fingerprint density at radius 3 is 1.91 bits per heavy atom. The summed E-state index contributed by atoms with van der Waals surface area (Å²) in [5, 5.41) is 0. The number of halogens is 2. The summed E-state index contributed by atoms with van der Waals surface area (Å²) in [6, 6.07) is 0. The van der Waals surface area contributed by atoms with Crippen LogP contribution in [0.2, 0.25) is 0 Å². The van der Waals surface area contributed by atoms with Crippen LogP contribution in [-0.4, -0.2) is 4.84 Å². The summed E-state index contributed by atoms with van der Waals surface area (Å²) in [5.74, 6) is 4.53. The summed E-state index contributed by atoms with van der Waals surface area (Å²) in [4.78, 5) is -0.0831. The molecular formula is C9H12Cl2. The zero-order valence-corrected chi connectivity index (χ0v) is 7.85. The Labute approximate surface area is 77.2 Å². The quantitative estimate of drug-likeness (QED) is 0.558. The lowest BCUT2D eigenvalue weighted by Gasteiger charge is -2.21. The normalized spacial score (nSPS) is 58.6. The van der Waals surface area contributed by atoms with E-state index in [1.165, 1.54) is 19.3 Å². The molecule has 0 aromatic carbocycles. The third-order valence-electron chi connectivity index (χ3n) is 3.84. The highest BCUT2D eigenvalue weighted by Crippen LogP contribution is 2.67. The van der Waals surface area contributed by atoms with Gasteiger partial charge in [0.2, 0.25) is 0 Å². The van der Waals surface area contributed by atoms with Crippen LogP contribution in [0, 0.1) is 29.6 Å². The lowest BCUT2D eigenvalue weighted by atomic mass is 9.90. The van der Waals surface area contributed by atoms with Gasteiger partial charge in [-0.25, -0.2) is 0 Å². The molecule has 5 atom stereocenters. The molecule has 0 N–H and O–H groups in total. The van der Waals surface area contributed by atoms with Crippen molar-refractivity contribution in [3.05, 3.63) is 0 Å². The Morgan fingerprint density at radius 2 is 1.45 bits per heavy atom. The summed E-state index contributed by atoms with van der Waals surface area (Å²) in [7, 11) is 0. The molecule has 3 saturated carbocycles. The maximum absolute atomic E-state index is 5.97. The van der Waals surface area contributed by atoms with Gasteiger partial charge in [-0.3, -0.25) is 0 Å². The second-order valence-corrected chi connectivity index (χ2v) is 5.63. The highest BCUT2D eigenvalue weighted by Gasteiger charge is 2.60. The fourth-order valence-corrected chi connectivity index (χ4v) is 3.85. The van der Waals surface area contributed by atoms with Gasteiger partial charge in [0, 0.05) is 0 Å². The zero-order valence-electron chi connectivity index (χ0n) is 6.34. The van der Waals surface area contributed by atoms with Gasteiger partial charge < -0.3 is 0 Å². The van der Waals surface area contributed by atoms with Gasteiger partial charge in [0.25, 0.3) is 0 Å². The van der Waals surface area contributed by atoms with Crippen LogP contribution in [0.3, 0.4) is 0 Å². The fraction of sp³-hybridized carbons (Fsp3) is 1.00. The van der Waals surface area contributed by atoms with Crippen molar-refractivity contribution < 1.29 is 0 Å². The molecule has 0 saturated heterocycles. The van der Waals surface area contributed by atoms with Gasteiger partial charge in [-0.2, -0.15) is 0 Å². The van der Waals surface area contributed by atoms with Crippen LogP contribution in [0.25, 0.3) is 0 Å². The fourth-order valence-electron chi connectivity index (χ4n) is 3.11. The molecule has 11 heavy (non-hydrogen) atoms. The van der Waals surface area contributed by atoms with E-state index in [1.54, 1.807) is 0 Å². The molecule has 0 spiro atoms. The smallest absolute Gasteiger partial charge is 0.105 e. The van der Waals surface area contributed by atoms with Gasteiger partial charge in [-0.15, -0.1) is 23.2 Å². The first-order chi connectivity index (χ1) is 5.27. The van der Waals surface area contributed by atoms with Crippen LogP contribution in [0.15, 0.2) is 0 Å². The molecule has 0 heterocycles. The average molecular weight is 191 g/mol. The molecule has 0 radical (unpaired) electrons. The van der Waals surface area contributed by atoms with Gasteiger partial charge in [-0.05, 0) is 48.9 Å². The van der Waals surface area contributed by atoms with Crippen LogP contribution in [0.5, 0.6) is 0 Å². The Kier molecular flexibility index (Phi) is 1.33. The van der Waals surface area contributed by atoms with Gasteiger partial charge in [-0.1, -0.05) is 0 Å². The first-order valence-electron chi connectivity index (χ1n) is 4.55. The molecule has 3 fully saturated rings. The molecule has 62 valence electrons. The summed E-state index contributed by atoms with van der Waals surface area (Å²) >= 11 is 11.9. The number of hydrogen-bond acceptors (Lipinski definition) is 0. The Balaban J connectivity index is 1.81. The minimum atomic E-state index is -0.0831. The van der Waals surface area contributed by atoms with Crippen molar-refractivity contribution in [2.75, 3.05) is 0 Å². The van der Waals surface area contributed by atoms with E-state index in [0.717, 1.165) is 23.7 Å². The summed E-state index contributed by atoms with van der Waals surface area (Å²) < 4.78 is 0. The first-order valence-corrected chi connectivity index (χ1v) is 5.43. The standard InChI is InChI=1S/C9H12Cl2/c10-9(11)8-6-2-4(6)1-5-3-7(5)8/h4-9H,1-3H2/t4-,5+,6+,7-,8?. The Bertz CT molecular complexity index is 174. The second-order valence-electron chi connectivity index (χ2n) is 4.47. The largest absolute Gasteiger partial charge is 0.111 e. The maximum Gasteiger partial charge on any atom is 0.111 e. The SMILES string of the molecule is ClC(Cl)C1[C@H]2C[C@H]2C[C@H]2C[C@@H]12. The van der Waals surface area contributed by atoms with Crippen LogP contribution < -0.4 is 0 Å². The van der Waals surface area contributed by atoms with Crippen molar-refractivity contribution in [3.8, 4) is 0 Å². The van der Waals surface area contributed by atoms with E-state index in [4.69, 9.17) is 23.2 Å². The van der Waals surface area contributed by atoms with Gasteiger partial charge in [0.1, 0.15) is 4.84 Å². The molecule has 3 aliphatic rings. The molecular weight excluding hydrogens is 179 g/mol. The highest BCUT2D eigenvalue weighted by atomic mass is 35.5. The number of alkyl halides is 2. The Morgan fingerprint density at radius 1 is 0.909 bits per heavy atom. The van der Waals surface area contributed by atoms with E-state index < -0.39 is 0 Å². The zero-order chi connectivity index (χ0) is 7.59. The Hall–Kier alpha value is 0.580. The average Bonchev–Trinajstić information content (AvgIpc) is 2.69. The molecule has 0 bridgehead atoms. The third kappa shape index (κ3) is 0.954. The minimum Gasteiger partial charge on any atom is -0.105 e. The van der Waals surface area contributed by atoms with Crippen molar-refractivity contribution in [1.29, 1.82) is 0 Å². The monoisotopic (exact) mass is 190 g/mol. The van der Waals surface area contributed by atoms with E-state index in [0.29, 0.717) is 5.92 Å². The van der Waals surface area contributed by atoms with E-state index in [9.17, 15) is 0 Å². The second kappa shape index (κ2) is 2.09. The van der Waals surface area contributed by atoms with Crippen LogP contribution in [0.1, 0.15) is 19.3 Å². The number of hydrogen-bond donors (Lipinski definition) is 0. The predicted octanol–water partition coefficient (Wildman–Crippen LogP) is 3.08. The third-order valence-corrected chi connectivity index (χ3v) is 4.42. The number of rotatable bonds is 1. The lowest BCUT2D eigenvalue weighted by Crippen LogP contribution is -2.19.